The van der Waals surface area contributed by atoms with Gasteiger partial charge in [0.1, 0.15) is 18.1 Å². The lowest BCUT2D eigenvalue weighted by Gasteiger charge is -2.14. The van der Waals surface area contributed by atoms with Crippen LogP contribution in [0.1, 0.15) is 11.1 Å². The SMILES string of the molecule is Cc1cc(OC(F)(F)F)cc(OCc2ccccc2)c1I. The molecule has 0 saturated heterocycles. The first-order chi connectivity index (χ1) is 9.85. The van der Waals surface area contributed by atoms with Crippen LogP contribution >= 0.6 is 22.6 Å². The predicted octanol–water partition coefficient (Wildman–Crippen LogP) is 5.08. The van der Waals surface area contributed by atoms with E-state index in [-0.39, 0.29) is 12.4 Å². The average molecular weight is 408 g/mol. The Kier molecular flexibility index (Phi) is 4.97. The topological polar surface area (TPSA) is 18.5 Å². The van der Waals surface area contributed by atoms with Gasteiger partial charge in [-0.1, -0.05) is 30.3 Å². The molecule has 0 bridgehead atoms. The highest BCUT2D eigenvalue weighted by Crippen LogP contribution is 2.33. The molecule has 2 aromatic carbocycles. The molecule has 112 valence electrons. The van der Waals surface area contributed by atoms with Crippen molar-refractivity contribution in [2.75, 3.05) is 0 Å². The predicted molar refractivity (Wildman–Crippen MR) is 81.4 cm³/mol. The first-order valence-corrected chi connectivity index (χ1v) is 7.15. The van der Waals surface area contributed by atoms with E-state index in [1.54, 1.807) is 6.92 Å². The summed E-state index contributed by atoms with van der Waals surface area (Å²) in [5, 5.41) is 0. The van der Waals surface area contributed by atoms with Gasteiger partial charge < -0.3 is 9.47 Å². The fourth-order valence-corrected chi connectivity index (χ4v) is 2.21. The Bertz CT molecular complexity index is 612. The summed E-state index contributed by atoms with van der Waals surface area (Å²) in [4.78, 5) is 0. The molecule has 0 fully saturated rings. The number of halogens is 4. The fraction of sp³-hybridized carbons (Fsp3) is 0.200. The molecule has 21 heavy (non-hydrogen) atoms. The van der Waals surface area contributed by atoms with Crippen molar-refractivity contribution in [3.63, 3.8) is 0 Å². The molecule has 2 nitrogen and oxygen atoms in total. The Labute approximate surface area is 134 Å². The Morgan fingerprint density at radius 3 is 2.38 bits per heavy atom. The zero-order valence-electron chi connectivity index (χ0n) is 11.1. The summed E-state index contributed by atoms with van der Waals surface area (Å²) in [6, 6.07) is 12.0. The van der Waals surface area contributed by atoms with Crippen LogP contribution in [0, 0.1) is 10.5 Å². The van der Waals surface area contributed by atoms with Crippen LogP contribution in [0.2, 0.25) is 0 Å². The summed E-state index contributed by atoms with van der Waals surface area (Å²) in [7, 11) is 0. The molecule has 6 heteroatoms. The lowest BCUT2D eigenvalue weighted by atomic mass is 10.2. The molecule has 0 amide bonds. The number of hydrogen-bond donors (Lipinski definition) is 0. The fourth-order valence-electron chi connectivity index (χ4n) is 1.74. The van der Waals surface area contributed by atoms with E-state index in [1.165, 1.54) is 12.1 Å². The second kappa shape index (κ2) is 6.55. The van der Waals surface area contributed by atoms with Crippen LogP contribution in [-0.4, -0.2) is 6.36 Å². The number of rotatable bonds is 4. The van der Waals surface area contributed by atoms with E-state index in [0.29, 0.717) is 11.3 Å². The van der Waals surface area contributed by atoms with Gasteiger partial charge in [0, 0.05) is 6.07 Å². The van der Waals surface area contributed by atoms with E-state index in [4.69, 9.17) is 4.74 Å². The van der Waals surface area contributed by atoms with Gasteiger partial charge in [-0.15, -0.1) is 13.2 Å². The van der Waals surface area contributed by atoms with Gasteiger partial charge in [0.2, 0.25) is 0 Å². The van der Waals surface area contributed by atoms with Crippen molar-refractivity contribution in [2.24, 2.45) is 0 Å². The summed E-state index contributed by atoms with van der Waals surface area (Å²) in [6.45, 7) is 1.99. The highest BCUT2D eigenvalue weighted by molar-refractivity contribution is 14.1. The van der Waals surface area contributed by atoms with E-state index in [1.807, 2.05) is 52.9 Å². The summed E-state index contributed by atoms with van der Waals surface area (Å²) in [5.41, 5.74) is 1.61. The Morgan fingerprint density at radius 2 is 1.76 bits per heavy atom. The molecule has 2 rings (SSSR count). The lowest BCUT2D eigenvalue weighted by molar-refractivity contribution is -0.274. The van der Waals surface area contributed by atoms with Crippen molar-refractivity contribution in [2.45, 2.75) is 19.9 Å². The maximum absolute atomic E-state index is 12.3. The number of alkyl halides is 3. The van der Waals surface area contributed by atoms with Crippen molar-refractivity contribution in [3.05, 3.63) is 57.2 Å². The lowest BCUT2D eigenvalue weighted by Crippen LogP contribution is -2.17. The standard InChI is InChI=1S/C15H12F3IO2/c1-10-7-12(21-15(16,17)18)8-13(14(10)19)20-9-11-5-3-2-4-6-11/h2-8H,9H2,1H3. The summed E-state index contributed by atoms with van der Waals surface area (Å²) < 4.78 is 47.2. The molecule has 0 aliphatic heterocycles. The minimum atomic E-state index is -4.71. The van der Waals surface area contributed by atoms with Crippen molar-refractivity contribution >= 4 is 22.6 Å². The molecule has 0 radical (unpaired) electrons. The van der Waals surface area contributed by atoms with E-state index >= 15 is 0 Å². The molecule has 0 aliphatic carbocycles. The van der Waals surface area contributed by atoms with Gasteiger partial charge in [-0.3, -0.25) is 0 Å². The van der Waals surface area contributed by atoms with Crippen LogP contribution in [0.15, 0.2) is 42.5 Å². The van der Waals surface area contributed by atoms with Gasteiger partial charge in [-0.2, -0.15) is 0 Å². The second-order valence-corrected chi connectivity index (χ2v) is 5.45. The van der Waals surface area contributed by atoms with Crippen LogP contribution < -0.4 is 9.47 Å². The Hall–Kier alpha value is -1.44. The zero-order chi connectivity index (χ0) is 15.5. The van der Waals surface area contributed by atoms with Gasteiger partial charge in [-0.25, -0.2) is 0 Å². The zero-order valence-corrected chi connectivity index (χ0v) is 13.2. The van der Waals surface area contributed by atoms with Crippen LogP contribution in [0.5, 0.6) is 11.5 Å². The van der Waals surface area contributed by atoms with E-state index < -0.39 is 6.36 Å². The number of aryl methyl sites for hydroxylation is 1. The van der Waals surface area contributed by atoms with Gasteiger partial charge in [0.25, 0.3) is 0 Å². The van der Waals surface area contributed by atoms with Gasteiger partial charge >= 0.3 is 6.36 Å². The highest BCUT2D eigenvalue weighted by Gasteiger charge is 2.31. The third-order valence-electron chi connectivity index (χ3n) is 2.67. The van der Waals surface area contributed by atoms with E-state index in [0.717, 1.165) is 9.13 Å². The minimum absolute atomic E-state index is 0.275. The normalized spacial score (nSPS) is 11.3. The summed E-state index contributed by atoms with van der Waals surface area (Å²) >= 11 is 2.04. The van der Waals surface area contributed by atoms with Gasteiger partial charge in [0.05, 0.1) is 3.57 Å². The molecular weight excluding hydrogens is 396 g/mol. The minimum Gasteiger partial charge on any atom is -0.488 e. The maximum atomic E-state index is 12.3. The largest absolute Gasteiger partial charge is 0.573 e. The third-order valence-corrected chi connectivity index (χ3v) is 4.05. The van der Waals surface area contributed by atoms with Crippen molar-refractivity contribution < 1.29 is 22.6 Å². The van der Waals surface area contributed by atoms with Gasteiger partial charge in [-0.05, 0) is 46.7 Å². The van der Waals surface area contributed by atoms with Crippen LogP contribution in [0.3, 0.4) is 0 Å². The molecule has 0 N–H and O–H groups in total. The molecule has 0 aliphatic rings. The molecule has 2 aromatic rings. The van der Waals surface area contributed by atoms with Crippen LogP contribution in [0.4, 0.5) is 13.2 Å². The number of benzene rings is 2. The number of ether oxygens (including phenoxy) is 2. The smallest absolute Gasteiger partial charge is 0.488 e. The monoisotopic (exact) mass is 408 g/mol. The van der Waals surface area contributed by atoms with Crippen LogP contribution in [-0.2, 0) is 6.61 Å². The molecule has 0 heterocycles. The third kappa shape index (κ3) is 4.80. The summed E-state index contributed by atoms with van der Waals surface area (Å²) in [6.07, 6.45) is -4.71. The first-order valence-electron chi connectivity index (χ1n) is 6.08. The van der Waals surface area contributed by atoms with Crippen molar-refractivity contribution in [1.82, 2.24) is 0 Å². The molecule has 0 unspecified atom stereocenters. The molecule has 0 saturated carbocycles. The quantitative estimate of drug-likeness (QED) is 0.658. The molecular formula is C15H12F3IO2. The maximum Gasteiger partial charge on any atom is 0.573 e. The number of hydrogen-bond acceptors (Lipinski definition) is 2. The van der Waals surface area contributed by atoms with E-state index in [2.05, 4.69) is 4.74 Å². The first kappa shape index (κ1) is 15.9. The van der Waals surface area contributed by atoms with Crippen molar-refractivity contribution in [3.8, 4) is 11.5 Å². The second-order valence-electron chi connectivity index (χ2n) is 4.37. The molecule has 0 spiro atoms. The average Bonchev–Trinajstić information content (AvgIpc) is 2.40. The molecule has 0 aromatic heterocycles. The van der Waals surface area contributed by atoms with E-state index in [9.17, 15) is 13.2 Å². The molecule has 0 atom stereocenters. The summed E-state index contributed by atoms with van der Waals surface area (Å²) in [5.74, 6) is 0.0992. The van der Waals surface area contributed by atoms with Crippen LogP contribution in [0.25, 0.3) is 0 Å². The van der Waals surface area contributed by atoms with Gasteiger partial charge in [0.15, 0.2) is 0 Å². The Balaban J connectivity index is 2.18. The Morgan fingerprint density at radius 1 is 1.10 bits per heavy atom. The van der Waals surface area contributed by atoms with Crippen molar-refractivity contribution in [1.29, 1.82) is 0 Å². The highest BCUT2D eigenvalue weighted by atomic mass is 127.